The molecule has 0 rings (SSSR count). The summed E-state index contributed by atoms with van der Waals surface area (Å²) in [6.07, 6.45) is 0. The molecule has 0 spiro atoms. The summed E-state index contributed by atoms with van der Waals surface area (Å²) in [7, 11) is -0.261. The molecule has 0 aliphatic rings. The molecule has 0 aliphatic carbocycles. The Morgan fingerprint density at radius 2 is 1.80 bits per heavy atom. The van der Waals surface area contributed by atoms with Crippen LogP contribution in [0.3, 0.4) is 0 Å². The Labute approximate surface area is 35.8 Å². The molecular weight excluding hydrogens is 76.1 g/mol. The first-order valence-electron chi connectivity index (χ1n) is 2.06. The normalized spacial score (nSPS) is 9.60. The van der Waals surface area contributed by atoms with Crippen LogP contribution in [-0.2, 0) is 0 Å². The van der Waals surface area contributed by atoms with Gasteiger partial charge in [0.2, 0.25) is 0 Å². The van der Waals surface area contributed by atoms with Gasteiger partial charge in [-0.3, -0.25) is 0 Å². The summed E-state index contributed by atoms with van der Waals surface area (Å²) in [4.78, 5) is 0. The zero-order valence-electron chi connectivity index (χ0n) is 3.99. The van der Waals surface area contributed by atoms with Gasteiger partial charge < -0.3 is 0 Å². The minimum atomic E-state index is -0.261. The average Bonchev–Trinajstić information content (AvgIpc) is 1.38. The van der Waals surface area contributed by atoms with E-state index >= 15 is 0 Å². The van der Waals surface area contributed by atoms with Crippen molar-refractivity contribution < 1.29 is 0 Å². The fourth-order valence-corrected chi connectivity index (χ4v) is 0. The second kappa shape index (κ2) is 2.45. The van der Waals surface area contributed by atoms with E-state index in [1.165, 1.54) is 6.04 Å². The lowest BCUT2D eigenvalue weighted by molar-refractivity contribution is 1.63. The van der Waals surface area contributed by atoms with Gasteiger partial charge in [-0.25, -0.2) is 0 Å². The van der Waals surface area contributed by atoms with Crippen molar-refractivity contribution in [2.24, 2.45) is 0 Å². The van der Waals surface area contributed by atoms with E-state index in [-0.39, 0.29) is 8.80 Å². The van der Waals surface area contributed by atoms with E-state index in [0.717, 1.165) is 0 Å². The Bertz CT molecular complexity index is 17.6. The second-order valence-corrected chi connectivity index (χ2v) is 5.05. The summed E-state index contributed by atoms with van der Waals surface area (Å²) >= 11 is 0. The topological polar surface area (TPSA) is 0 Å². The van der Waals surface area contributed by atoms with Crippen molar-refractivity contribution in [3.05, 3.63) is 6.92 Å². The van der Waals surface area contributed by atoms with E-state index in [1.807, 2.05) is 0 Å². The van der Waals surface area contributed by atoms with Gasteiger partial charge in [-0.15, -0.1) is 0 Å². The fourth-order valence-electron chi connectivity index (χ4n) is 0. The predicted molar refractivity (Wildman–Crippen MR) is 29.0 cm³/mol. The third-order valence-corrected chi connectivity index (χ3v) is 1.73. The van der Waals surface area contributed by atoms with Gasteiger partial charge in [0.25, 0.3) is 0 Å². The highest BCUT2D eigenvalue weighted by Crippen LogP contribution is 1.83. The van der Waals surface area contributed by atoms with Crippen molar-refractivity contribution in [2.45, 2.75) is 19.1 Å². The van der Waals surface area contributed by atoms with Crippen molar-refractivity contribution in [1.29, 1.82) is 0 Å². The minimum absolute atomic E-state index is 0.261. The van der Waals surface area contributed by atoms with E-state index < -0.39 is 0 Å². The SMILES string of the molecule is [CH2]C[SiH](C)C. The molecule has 0 unspecified atom stereocenters. The maximum absolute atomic E-state index is 3.75. The van der Waals surface area contributed by atoms with Crippen LogP contribution in [0.2, 0.25) is 19.1 Å². The molecule has 0 aromatic rings. The average molecular weight is 87.2 g/mol. The van der Waals surface area contributed by atoms with Crippen LogP contribution in [0.15, 0.2) is 0 Å². The Kier molecular flexibility index (Phi) is 2.56. The van der Waals surface area contributed by atoms with Crippen LogP contribution < -0.4 is 0 Å². The largest absolute Gasteiger partial charge is 0.0722 e. The highest BCUT2D eigenvalue weighted by atomic mass is 28.3. The lowest BCUT2D eigenvalue weighted by Crippen LogP contribution is -1.92. The molecule has 0 bridgehead atoms. The molecule has 0 aromatic carbocycles. The number of hydrogen-bond donors (Lipinski definition) is 0. The molecule has 5 heavy (non-hydrogen) atoms. The third-order valence-electron chi connectivity index (χ3n) is 0.577. The maximum Gasteiger partial charge on any atom is 0.0305 e. The number of rotatable bonds is 1. The van der Waals surface area contributed by atoms with E-state index in [0.29, 0.717) is 0 Å². The van der Waals surface area contributed by atoms with Crippen molar-refractivity contribution in [3.63, 3.8) is 0 Å². The van der Waals surface area contributed by atoms with Crippen molar-refractivity contribution in [3.8, 4) is 0 Å². The molecule has 0 saturated heterocycles. The van der Waals surface area contributed by atoms with Crippen molar-refractivity contribution >= 4 is 8.80 Å². The van der Waals surface area contributed by atoms with Gasteiger partial charge in [0.05, 0.1) is 0 Å². The number of hydrogen-bond acceptors (Lipinski definition) is 0. The quantitative estimate of drug-likeness (QED) is 0.423. The predicted octanol–water partition coefficient (Wildman–Crippen LogP) is 1.31. The standard InChI is InChI=1S/C4H11Si/c1-4-5(2)3/h5H,1,4H2,2-3H3. The first-order valence-corrected chi connectivity index (χ1v) is 5.19. The summed E-state index contributed by atoms with van der Waals surface area (Å²) in [5, 5.41) is 0. The van der Waals surface area contributed by atoms with Crippen LogP contribution in [0.25, 0.3) is 0 Å². The highest BCUT2D eigenvalue weighted by molar-refractivity contribution is 6.55. The molecule has 1 radical (unpaired) electrons. The minimum Gasteiger partial charge on any atom is -0.0722 e. The van der Waals surface area contributed by atoms with E-state index in [4.69, 9.17) is 0 Å². The van der Waals surface area contributed by atoms with Gasteiger partial charge in [-0.1, -0.05) is 26.1 Å². The smallest absolute Gasteiger partial charge is 0.0305 e. The van der Waals surface area contributed by atoms with Gasteiger partial charge >= 0.3 is 0 Å². The Hall–Kier alpha value is 0.217. The molecule has 31 valence electrons. The fraction of sp³-hybridized carbons (Fsp3) is 0.750. The van der Waals surface area contributed by atoms with Crippen LogP contribution >= 0.6 is 0 Å². The van der Waals surface area contributed by atoms with Crippen LogP contribution in [0.5, 0.6) is 0 Å². The molecule has 0 atom stereocenters. The molecule has 0 heterocycles. The molecule has 0 saturated carbocycles. The maximum atomic E-state index is 3.75. The zero-order valence-corrected chi connectivity index (χ0v) is 5.15. The molecule has 0 aliphatic heterocycles. The van der Waals surface area contributed by atoms with Crippen LogP contribution in [0, 0.1) is 6.92 Å². The van der Waals surface area contributed by atoms with Crippen LogP contribution in [0.1, 0.15) is 0 Å². The lowest BCUT2D eigenvalue weighted by atomic mass is 11.0. The van der Waals surface area contributed by atoms with Gasteiger partial charge in [0.15, 0.2) is 0 Å². The highest BCUT2D eigenvalue weighted by Gasteiger charge is 1.83. The molecule has 0 nitrogen and oxygen atoms in total. The van der Waals surface area contributed by atoms with Crippen LogP contribution in [-0.4, -0.2) is 8.80 Å². The van der Waals surface area contributed by atoms with Gasteiger partial charge in [0, 0.05) is 8.80 Å². The Balaban J connectivity index is 2.54. The first kappa shape index (κ1) is 5.22. The summed E-state index contributed by atoms with van der Waals surface area (Å²) in [5.41, 5.74) is 0. The van der Waals surface area contributed by atoms with E-state index in [1.54, 1.807) is 0 Å². The van der Waals surface area contributed by atoms with Gasteiger partial charge in [-0.05, 0) is 0 Å². The summed E-state index contributed by atoms with van der Waals surface area (Å²) in [6.45, 7) is 8.34. The monoisotopic (exact) mass is 87.1 g/mol. The summed E-state index contributed by atoms with van der Waals surface area (Å²) in [6, 6.07) is 1.19. The molecule has 0 N–H and O–H groups in total. The van der Waals surface area contributed by atoms with Gasteiger partial charge in [0.1, 0.15) is 0 Å². The van der Waals surface area contributed by atoms with Crippen molar-refractivity contribution in [2.75, 3.05) is 0 Å². The van der Waals surface area contributed by atoms with Crippen molar-refractivity contribution in [1.82, 2.24) is 0 Å². The lowest BCUT2D eigenvalue weighted by Gasteiger charge is -1.87. The molecule has 1 heteroatoms. The Morgan fingerprint density at radius 1 is 1.60 bits per heavy atom. The molecule has 0 amide bonds. The zero-order chi connectivity index (χ0) is 4.28. The van der Waals surface area contributed by atoms with E-state index in [2.05, 4.69) is 20.0 Å². The summed E-state index contributed by atoms with van der Waals surface area (Å²) < 4.78 is 0. The Morgan fingerprint density at radius 3 is 1.80 bits per heavy atom. The summed E-state index contributed by atoms with van der Waals surface area (Å²) in [5.74, 6) is 0. The van der Waals surface area contributed by atoms with E-state index in [9.17, 15) is 0 Å². The third kappa shape index (κ3) is 4.22. The molecule has 0 aromatic heterocycles. The van der Waals surface area contributed by atoms with Gasteiger partial charge in [-0.2, -0.15) is 0 Å². The van der Waals surface area contributed by atoms with Crippen LogP contribution in [0.4, 0.5) is 0 Å². The molecule has 0 fully saturated rings. The second-order valence-electron chi connectivity index (χ2n) is 1.68. The first-order chi connectivity index (χ1) is 2.27. The molecular formula is C4H11Si.